The fraction of sp³-hybridized carbons (Fsp3) is 0.308. The molecule has 0 radical (unpaired) electrons. The van der Waals surface area contributed by atoms with E-state index in [-0.39, 0.29) is 0 Å². The monoisotopic (exact) mass is 453 g/mol. The summed E-state index contributed by atoms with van der Waals surface area (Å²) in [4.78, 5) is 26.1. The van der Waals surface area contributed by atoms with Gasteiger partial charge in [0, 0.05) is 51.0 Å². The minimum absolute atomic E-state index is 0.688. The lowest BCUT2D eigenvalue weighted by molar-refractivity contribution is 0.122. The molecule has 0 atom stereocenters. The Hall–Kier alpha value is -3.78. The van der Waals surface area contributed by atoms with Gasteiger partial charge in [0.2, 0.25) is 11.9 Å². The highest BCUT2D eigenvalue weighted by Gasteiger charge is 2.24. The molecule has 2 fully saturated rings. The van der Waals surface area contributed by atoms with Crippen molar-refractivity contribution in [2.75, 3.05) is 67.2 Å². The van der Waals surface area contributed by atoms with Crippen molar-refractivity contribution in [1.82, 2.24) is 19.9 Å². The maximum atomic E-state index is 5.56. The smallest absolute Gasteiger partial charge is 0.230 e. The van der Waals surface area contributed by atoms with Crippen molar-refractivity contribution >= 4 is 28.5 Å². The molecular formula is C26H27N7O. The van der Waals surface area contributed by atoms with E-state index in [1.165, 1.54) is 5.39 Å². The number of rotatable bonds is 4. The van der Waals surface area contributed by atoms with Gasteiger partial charge in [-0.05, 0) is 22.9 Å². The Bertz CT molecular complexity index is 1260. The third-order valence-corrected chi connectivity index (χ3v) is 6.47. The first kappa shape index (κ1) is 20.8. The van der Waals surface area contributed by atoms with Crippen molar-refractivity contribution in [2.24, 2.45) is 0 Å². The van der Waals surface area contributed by atoms with Crippen LogP contribution < -0.4 is 14.7 Å². The Morgan fingerprint density at radius 3 is 2.06 bits per heavy atom. The van der Waals surface area contributed by atoms with Crippen molar-refractivity contribution in [3.05, 3.63) is 66.9 Å². The average Bonchev–Trinajstić information content (AvgIpc) is 2.93. The molecule has 2 saturated heterocycles. The Labute approximate surface area is 198 Å². The molecule has 2 aromatic heterocycles. The summed E-state index contributed by atoms with van der Waals surface area (Å²) in [5, 5.41) is 2.33. The standard InChI is InChI=1S/C26H27N7O/c1-2-8-21-20(6-1)7-5-9-22(21)24-28-25(30-26(29-24)33-16-18-34-19-17-33)32-14-12-31(13-15-32)23-10-3-4-11-27-23/h1-11H,12-19H2. The molecule has 0 spiro atoms. The summed E-state index contributed by atoms with van der Waals surface area (Å²) in [5.41, 5.74) is 1.03. The van der Waals surface area contributed by atoms with E-state index < -0.39 is 0 Å². The largest absolute Gasteiger partial charge is 0.378 e. The Morgan fingerprint density at radius 1 is 0.618 bits per heavy atom. The molecule has 4 aromatic rings. The topological polar surface area (TPSA) is 70.5 Å². The minimum Gasteiger partial charge on any atom is -0.378 e. The van der Waals surface area contributed by atoms with Crippen molar-refractivity contribution in [3.8, 4) is 11.4 Å². The van der Waals surface area contributed by atoms with Gasteiger partial charge in [0.1, 0.15) is 5.82 Å². The van der Waals surface area contributed by atoms with E-state index in [1.54, 1.807) is 0 Å². The highest BCUT2D eigenvalue weighted by Crippen LogP contribution is 2.29. The van der Waals surface area contributed by atoms with Gasteiger partial charge in [-0.15, -0.1) is 0 Å². The maximum absolute atomic E-state index is 5.56. The summed E-state index contributed by atoms with van der Waals surface area (Å²) in [7, 11) is 0. The van der Waals surface area contributed by atoms with Crippen LogP contribution in [0.1, 0.15) is 0 Å². The van der Waals surface area contributed by atoms with Crippen molar-refractivity contribution < 1.29 is 4.74 Å². The highest BCUT2D eigenvalue weighted by atomic mass is 16.5. The Balaban J connectivity index is 1.35. The minimum atomic E-state index is 0.688. The number of piperazine rings is 1. The number of nitrogens with zero attached hydrogens (tertiary/aromatic N) is 7. The summed E-state index contributed by atoms with van der Waals surface area (Å²) in [5.74, 6) is 3.20. The lowest BCUT2D eigenvalue weighted by atomic mass is 10.0. The number of ether oxygens (including phenoxy) is 1. The molecule has 0 saturated carbocycles. The molecule has 0 unspecified atom stereocenters. The first-order valence-corrected chi connectivity index (χ1v) is 11.8. The average molecular weight is 454 g/mol. The quantitative estimate of drug-likeness (QED) is 0.466. The summed E-state index contributed by atoms with van der Waals surface area (Å²) in [6, 6.07) is 20.7. The Kier molecular flexibility index (Phi) is 5.64. The molecule has 34 heavy (non-hydrogen) atoms. The highest BCUT2D eigenvalue weighted by molar-refractivity contribution is 5.95. The van der Waals surface area contributed by atoms with E-state index in [4.69, 9.17) is 19.7 Å². The second-order valence-corrected chi connectivity index (χ2v) is 8.55. The molecule has 0 bridgehead atoms. The molecule has 2 aliphatic heterocycles. The van der Waals surface area contributed by atoms with Gasteiger partial charge in [-0.2, -0.15) is 15.0 Å². The van der Waals surface area contributed by atoms with Crippen LogP contribution in [-0.4, -0.2) is 72.4 Å². The molecule has 0 N–H and O–H groups in total. The number of aromatic nitrogens is 4. The number of hydrogen-bond donors (Lipinski definition) is 0. The predicted molar refractivity (Wildman–Crippen MR) is 134 cm³/mol. The number of anilines is 3. The van der Waals surface area contributed by atoms with Crippen LogP contribution in [0, 0.1) is 0 Å². The molecular weight excluding hydrogens is 426 g/mol. The molecule has 8 nitrogen and oxygen atoms in total. The van der Waals surface area contributed by atoms with Gasteiger partial charge in [0.05, 0.1) is 13.2 Å². The molecule has 0 amide bonds. The predicted octanol–water partition coefficient (Wildman–Crippen LogP) is 3.25. The van der Waals surface area contributed by atoms with Crippen LogP contribution >= 0.6 is 0 Å². The summed E-state index contributed by atoms with van der Waals surface area (Å²) in [6.45, 7) is 6.35. The second kappa shape index (κ2) is 9.23. The molecule has 0 aliphatic carbocycles. The van der Waals surface area contributed by atoms with Crippen LogP contribution in [0.3, 0.4) is 0 Å². The zero-order chi connectivity index (χ0) is 22.7. The van der Waals surface area contributed by atoms with Crippen LogP contribution in [0.15, 0.2) is 66.9 Å². The van der Waals surface area contributed by atoms with E-state index in [1.807, 2.05) is 18.3 Å². The first-order chi connectivity index (χ1) is 16.8. The van der Waals surface area contributed by atoms with Gasteiger partial charge in [0.15, 0.2) is 5.82 Å². The van der Waals surface area contributed by atoms with E-state index in [0.717, 1.165) is 73.8 Å². The first-order valence-electron chi connectivity index (χ1n) is 11.8. The van der Waals surface area contributed by atoms with Crippen LogP contribution in [0.2, 0.25) is 0 Å². The number of benzene rings is 2. The summed E-state index contributed by atoms with van der Waals surface area (Å²) in [6.07, 6.45) is 1.85. The zero-order valence-electron chi connectivity index (χ0n) is 19.0. The SMILES string of the molecule is c1ccc(N2CCN(c3nc(-c4cccc5ccccc45)nc(N4CCOCC4)n3)CC2)nc1. The fourth-order valence-corrected chi connectivity index (χ4v) is 4.62. The van der Waals surface area contributed by atoms with Gasteiger partial charge in [-0.1, -0.05) is 48.5 Å². The Morgan fingerprint density at radius 2 is 1.29 bits per heavy atom. The molecule has 4 heterocycles. The van der Waals surface area contributed by atoms with Crippen LogP contribution in [-0.2, 0) is 4.74 Å². The van der Waals surface area contributed by atoms with Gasteiger partial charge in [-0.3, -0.25) is 0 Å². The van der Waals surface area contributed by atoms with Gasteiger partial charge < -0.3 is 19.4 Å². The van der Waals surface area contributed by atoms with Crippen molar-refractivity contribution in [2.45, 2.75) is 0 Å². The fourth-order valence-electron chi connectivity index (χ4n) is 4.62. The third kappa shape index (κ3) is 4.12. The molecule has 172 valence electrons. The normalized spacial score (nSPS) is 16.8. The molecule has 6 rings (SSSR count). The number of morpholine rings is 1. The van der Waals surface area contributed by atoms with Crippen molar-refractivity contribution in [1.29, 1.82) is 0 Å². The van der Waals surface area contributed by atoms with E-state index in [9.17, 15) is 0 Å². The number of hydrogen-bond acceptors (Lipinski definition) is 8. The maximum Gasteiger partial charge on any atom is 0.230 e. The van der Waals surface area contributed by atoms with Crippen molar-refractivity contribution in [3.63, 3.8) is 0 Å². The number of pyridine rings is 1. The van der Waals surface area contributed by atoms with Gasteiger partial charge in [0.25, 0.3) is 0 Å². The summed E-state index contributed by atoms with van der Waals surface area (Å²) >= 11 is 0. The molecule has 2 aromatic carbocycles. The lowest BCUT2D eigenvalue weighted by Crippen LogP contribution is -2.47. The van der Waals surface area contributed by atoms with Gasteiger partial charge >= 0.3 is 0 Å². The summed E-state index contributed by atoms with van der Waals surface area (Å²) < 4.78 is 5.56. The van der Waals surface area contributed by atoms with Gasteiger partial charge in [-0.25, -0.2) is 4.98 Å². The lowest BCUT2D eigenvalue weighted by Gasteiger charge is -2.36. The number of fused-ring (bicyclic) bond motifs is 1. The van der Waals surface area contributed by atoms with E-state index in [2.05, 4.69) is 68.2 Å². The van der Waals surface area contributed by atoms with Crippen LogP contribution in [0.4, 0.5) is 17.7 Å². The third-order valence-electron chi connectivity index (χ3n) is 6.47. The zero-order valence-corrected chi connectivity index (χ0v) is 19.0. The molecule has 2 aliphatic rings. The molecule has 8 heteroatoms. The van der Waals surface area contributed by atoms with E-state index in [0.29, 0.717) is 13.2 Å². The van der Waals surface area contributed by atoms with Crippen LogP contribution in [0.5, 0.6) is 0 Å². The second-order valence-electron chi connectivity index (χ2n) is 8.55. The van der Waals surface area contributed by atoms with E-state index >= 15 is 0 Å². The van der Waals surface area contributed by atoms with Crippen LogP contribution in [0.25, 0.3) is 22.2 Å².